The maximum atomic E-state index is 12.8. The number of rotatable bonds is 2. The molecule has 3 rings (SSSR count). The Hall–Kier alpha value is -1.11. The number of fused-ring (bicyclic) bond motifs is 1. The maximum Gasteiger partial charge on any atom is 0.268 e. The predicted octanol–water partition coefficient (Wildman–Crippen LogP) is 4.71. The minimum atomic E-state index is -3.61. The molecule has 0 aliphatic carbocycles. The minimum absolute atomic E-state index is 0.275. The molecule has 21 heavy (non-hydrogen) atoms. The van der Waals surface area contributed by atoms with E-state index in [9.17, 15) is 8.42 Å². The van der Waals surface area contributed by atoms with Crippen molar-refractivity contribution < 1.29 is 8.42 Å². The van der Waals surface area contributed by atoms with E-state index in [2.05, 4.69) is 31.9 Å². The summed E-state index contributed by atoms with van der Waals surface area (Å²) in [5, 5.41) is 0.855. The van der Waals surface area contributed by atoms with E-state index in [1.54, 1.807) is 36.5 Å². The summed E-state index contributed by atoms with van der Waals surface area (Å²) in [5.41, 5.74) is 1.66. The van der Waals surface area contributed by atoms with E-state index >= 15 is 0 Å². The lowest BCUT2D eigenvalue weighted by Crippen LogP contribution is -2.11. The summed E-state index contributed by atoms with van der Waals surface area (Å²) in [5.74, 6) is 0. The highest BCUT2D eigenvalue weighted by molar-refractivity contribution is 9.11. The molecular weight excluding hydrogens is 418 g/mol. The van der Waals surface area contributed by atoms with Crippen molar-refractivity contribution in [3.63, 3.8) is 0 Å². The quantitative estimate of drug-likeness (QED) is 0.592. The topological polar surface area (TPSA) is 39.1 Å². The van der Waals surface area contributed by atoms with Gasteiger partial charge in [0.05, 0.1) is 10.4 Å². The number of halogens is 2. The van der Waals surface area contributed by atoms with E-state index in [1.165, 1.54) is 3.97 Å². The SMILES string of the molecule is Cc1ccc(S(=O)(=O)n2cc(Br)c3ccc(Br)cc32)cc1. The van der Waals surface area contributed by atoms with Gasteiger partial charge in [0.1, 0.15) is 0 Å². The number of benzene rings is 2. The Kier molecular flexibility index (Phi) is 3.71. The van der Waals surface area contributed by atoms with Gasteiger partial charge in [0.2, 0.25) is 0 Å². The first-order chi connectivity index (χ1) is 9.89. The molecule has 0 radical (unpaired) electrons. The molecule has 0 bridgehead atoms. The van der Waals surface area contributed by atoms with Crippen LogP contribution in [0.15, 0.2) is 62.5 Å². The molecule has 108 valence electrons. The zero-order valence-corrected chi connectivity index (χ0v) is 15.0. The van der Waals surface area contributed by atoms with Crippen LogP contribution in [0.1, 0.15) is 5.56 Å². The first-order valence-electron chi connectivity index (χ1n) is 6.18. The van der Waals surface area contributed by atoms with Gasteiger partial charge in [-0.2, -0.15) is 0 Å². The van der Waals surface area contributed by atoms with Gasteiger partial charge in [0.15, 0.2) is 0 Å². The second kappa shape index (κ2) is 5.26. The monoisotopic (exact) mass is 427 g/mol. The van der Waals surface area contributed by atoms with Gasteiger partial charge in [0.25, 0.3) is 10.0 Å². The molecule has 0 amide bonds. The minimum Gasteiger partial charge on any atom is -0.240 e. The van der Waals surface area contributed by atoms with Crippen LogP contribution >= 0.6 is 31.9 Å². The van der Waals surface area contributed by atoms with Crippen molar-refractivity contribution >= 4 is 52.8 Å². The second-order valence-corrected chi connectivity index (χ2v) is 8.34. The fraction of sp³-hybridized carbons (Fsp3) is 0.0667. The van der Waals surface area contributed by atoms with Gasteiger partial charge in [-0.1, -0.05) is 39.7 Å². The number of aromatic nitrogens is 1. The van der Waals surface area contributed by atoms with Crippen molar-refractivity contribution in [3.05, 3.63) is 63.2 Å². The third kappa shape index (κ3) is 2.56. The van der Waals surface area contributed by atoms with E-state index < -0.39 is 10.0 Å². The van der Waals surface area contributed by atoms with Crippen LogP contribution in [0.25, 0.3) is 10.9 Å². The maximum absolute atomic E-state index is 12.8. The van der Waals surface area contributed by atoms with E-state index in [0.717, 1.165) is 19.9 Å². The van der Waals surface area contributed by atoms with Crippen LogP contribution < -0.4 is 0 Å². The lowest BCUT2D eigenvalue weighted by atomic mass is 10.2. The van der Waals surface area contributed by atoms with Crippen molar-refractivity contribution in [1.82, 2.24) is 3.97 Å². The predicted molar refractivity (Wildman–Crippen MR) is 91.1 cm³/mol. The largest absolute Gasteiger partial charge is 0.268 e. The zero-order chi connectivity index (χ0) is 15.2. The molecule has 0 saturated carbocycles. The Morgan fingerprint density at radius 2 is 1.67 bits per heavy atom. The summed E-state index contributed by atoms with van der Waals surface area (Å²) in [7, 11) is -3.61. The van der Waals surface area contributed by atoms with Gasteiger partial charge in [-0.15, -0.1) is 0 Å². The van der Waals surface area contributed by atoms with Crippen LogP contribution in [0.4, 0.5) is 0 Å². The van der Waals surface area contributed by atoms with Gasteiger partial charge in [-0.25, -0.2) is 12.4 Å². The van der Waals surface area contributed by atoms with Crippen molar-refractivity contribution in [2.75, 3.05) is 0 Å². The lowest BCUT2D eigenvalue weighted by molar-refractivity contribution is 0.589. The summed E-state index contributed by atoms with van der Waals surface area (Å²) < 4.78 is 28.5. The van der Waals surface area contributed by atoms with Crippen LogP contribution in [-0.2, 0) is 10.0 Å². The van der Waals surface area contributed by atoms with Crippen LogP contribution in [0.5, 0.6) is 0 Å². The van der Waals surface area contributed by atoms with Gasteiger partial charge in [-0.3, -0.25) is 0 Å². The summed E-state index contributed by atoms with van der Waals surface area (Å²) in [6.07, 6.45) is 1.59. The molecule has 0 N–H and O–H groups in total. The molecular formula is C15H11Br2NO2S. The molecule has 0 unspecified atom stereocenters. The Morgan fingerprint density at radius 1 is 1.00 bits per heavy atom. The standard InChI is InChI=1S/C15H11Br2NO2S/c1-10-2-5-12(6-3-10)21(19,20)18-9-14(17)13-7-4-11(16)8-15(13)18/h2-9H,1H3. The first kappa shape index (κ1) is 14.8. The molecule has 3 aromatic rings. The number of hydrogen-bond acceptors (Lipinski definition) is 2. The third-order valence-electron chi connectivity index (χ3n) is 3.26. The van der Waals surface area contributed by atoms with Crippen molar-refractivity contribution in [2.24, 2.45) is 0 Å². The highest BCUT2D eigenvalue weighted by Crippen LogP contribution is 2.31. The highest BCUT2D eigenvalue weighted by Gasteiger charge is 2.20. The molecule has 0 saturated heterocycles. The molecule has 0 atom stereocenters. The summed E-state index contributed by atoms with van der Waals surface area (Å²) >= 11 is 6.80. The summed E-state index contributed by atoms with van der Waals surface area (Å²) in [6, 6.07) is 12.4. The normalized spacial score (nSPS) is 12.0. The Bertz CT molecular complexity index is 928. The van der Waals surface area contributed by atoms with Crippen LogP contribution in [-0.4, -0.2) is 12.4 Å². The third-order valence-corrected chi connectivity index (χ3v) is 6.08. The fourth-order valence-electron chi connectivity index (χ4n) is 2.15. The van der Waals surface area contributed by atoms with Gasteiger partial charge in [-0.05, 0) is 47.1 Å². The molecule has 0 spiro atoms. The molecule has 6 heteroatoms. The van der Waals surface area contributed by atoms with Crippen LogP contribution in [0, 0.1) is 6.92 Å². The van der Waals surface area contributed by atoms with E-state index in [4.69, 9.17) is 0 Å². The molecule has 0 aliphatic heterocycles. The Labute approximate surface area is 139 Å². The summed E-state index contributed by atoms with van der Waals surface area (Å²) in [4.78, 5) is 0.275. The van der Waals surface area contributed by atoms with Crippen molar-refractivity contribution in [1.29, 1.82) is 0 Å². The molecule has 0 aliphatic rings. The van der Waals surface area contributed by atoms with Gasteiger partial charge < -0.3 is 0 Å². The van der Waals surface area contributed by atoms with Gasteiger partial charge in [0, 0.05) is 20.5 Å². The van der Waals surface area contributed by atoms with E-state index in [1.807, 2.05) is 19.1 Å². The van der Waals surface area contributed by atoms with Crippen LogP contribution in [0.3, 0.4) is 0 Å². The fourth-order valence-corrected chi connectivity index (χ4v) is 4.54. The van der Waals surface area contributed by atoms with E-state index in [0.29, 0.717) is 5.52 Å². The number of nitrogens with zero attached hydrogens (tertiary/aromatic N) is 1. The Morgan fingerprint density at radius 3 is 2.33 bits per heavy atom. The number of aryl methyl sites for hydroxylation is 1. The van der Waals surface area contributed by atoms with Crippen molar-refractivity contribution in [3.8, 4) is 0 Å². The highest BCUT2D eigenvalue weighted by atomic mass is 79.9. The molecule has 2 aromatic carbocycles. The van der Waals surface area contributed by atoms with Gasteiger partial charge >= 0.3 is 0 Å². The van der Waals surface area contributed by atoms with E-state index in [-0.39, 0.29) is 4.90 Å². The van der Waals surface area contributed by atoms with Crippen LogP contribution in [0.2, 0.25) is 0 Å². The molecule has 3 nitrogen and oxygen atoms in total. The molecule has 1 aromatic heterocycles. The average Bonchev–Trinajstić information content (AvgIpc) is 2.76. The van der Waals surface area contributed by atoms with Crippen molar-refractivity contribution in [2.45, 2.75) is 11.8 Å². The second-order valence-electron chi connectivity index (χ2n) is 4.75. The zero-order valence-electron chi connectivity index (χ0n) is 11.0. The number of hydrogen-bond donors (Lipinski definition) is 0. The first-order valence-corrected chi connectivity index (χ1v) is 9.20. The average molecular weight is 429 g/mol. The smallest absolute Gasteiger partial charge is 0.240 e. The molecule has 0 fully saturated rings. The Balaban J connectivity index is 2.28. The lowest BCUT2D eigenvalue weighted by Gasteiger charge is -2.08. The summed E-state index contributed by atoms with van der Waals surface area (Å²) in [6.45, 7) is 1.93. The molecule has 1 heterocycles.